The zero-order chi connectivity index (χ0) is 21.3. The number of fused-ring (bicyclic) bond motifs is 1. The van der Waals surface area contributed by atoms with Crippen LogP contribution < -0.4 is 10.2 Å². The molecule has 1 aliphatic heterocycles. The highest BCUT2D eigenvalue weighted by Gasteiger charge is 2.31. The van der Waals surface area contributed by atoms with Crippen LogP contribution in [-0.4, -0.2) is 29.1 Å². The topological polar surface area (TPSA) is 65.5 Å². The Morgan fingerprint density at radius 3 is 2.60 bits per heavy atom. The van der Waals surface area contributed by atoms with Crippen molar-refractivity contribution in [2.24, 2.45) is 5.92 Å². The SMILES string of the molecule is O=C(Nc1ccc(O)c2ncccc12)C1CCN(c2cccc(C(F)(F)F)c2)CC1. The van der Waals surface area contributed by atoms with Crippen molar-refractivity contribution >= 4 is 28.2 Å². The quantitative estimate of drug-likeness (QED) is 0.603. The number of phenols is 1. The number of rotatable bonds is 3. The average molecular weight is 415 g/mol. The second kappa shape index (κ2) is 7.85. The van der Waals surface area contributed by atoms with Gasteiger partial charge in [0.15, 0.2) is 0 Å². The van der Waals surface area contributed by atoms with E-state index < -0.39 is 11.7 Å². The molecule has 2 N–H and O–H groups in total. The maximum Gasteiger partial charge on any atom is 0.416 e. The summed E-state index contributed by atoms with van der Waals surface area (Å²) in [7, 11) is 0. The molecule has 30 heavy (non-hydrogen) atoms. The third-order valence-electron chi connectivity index (χ3n) is 5.41. The minimum atomic E-state index is -4.38. The van der Waals surface area contributed by atoms with E-state index in [0.29, 0.717) is 48.2 Å². The van der Waals surface area contributed by atoms with Crippen molar-refractivity contribution in [3.8, 4) is 5.75 Å². The molecule has 0 atom stereocenters. The highest BCUT2D eigenvalue weighted by molar-refractivity contribution is 6.03. The molecule has 3 aromatic rings. The maximum atomic E-state index is 13.0. The van der Waals surface area contributed by atoms with E-state index in [2.05, 4.69) is 10.3 Å². The molecule has 5 nitrogen and oxygen atoms in total. The average Bonchev–Trinajstić information content (AvgIpc) is 2.75. The molecule has 156 valence electrons. The number of nitrogens with one attached hydrogen (secondary N) is 1. The minimum absolute atomic E-state index is 0.0398. The van der Waals surface area contributed by atoms with E-state index in [1.165, 1.54) is 12.1 Å². The standard InChI is InChI=1S/C22H20F3N3O2/c23-22(24,25)15-3-1-4-16(13-15)28-11-8-14(9-12-28)21(30)27-18-6-7-19(29)20-17(18)5-2-10-26-20/h1-7,10,13-14,29H,8-9,11-12H2,(H,27,30). The smallest absolute Gasteiger partial charge is 0.416 e. The summed E-state index contributed by atoms with van der Waals surface area (Å²) in [6.45, 7) is 0.995. The Morgan fingerprint density at radius 1 is 1.10 bits per heavy atom. The second-order valence-corrected chi connectivity index (χ2v) is 7.33. The molecule has 0 radical (unpaired) electrons. The number of benzene rings is 2. The molecule has 1 aromatic heterocycles. The molecule has 1 saturated heterocycles. The van der Waals surface area contributed by atoms with Crippen molar-refractivity contribution in [2.75, 3.05) is 23.3 Å². The fourth-order valence-electron chi connectivity index (χ4n) is 3.78. The first-order valence-electron chi connectivity index (χ1n) is 9.63. The summed E-state index contributed by atoms with van der Waals surface area (Å²) < 4.78 is 38.9. The Hall–Kier alpha value is -3.29. The molecule has 0 saturated carbocycles. The Morgan fingerprint density at radius 2 is 1.87 bits per heavy atom. The van der Waals surface area contributed by atoms with Crippen molar-refractivity contribution in [1.82, 2.24) is 4.98 Å². The van der Waals surface area contributed by atoms with Gasteiger partial charge in [-0.05, 0) is 55.3 Å². The van der Waals surface area contributed by atoms with Crippen LogP contribution in [0.1, 0.15) is 18.4 Å². The van der Waals surface area contributed by atoms with E-state index in [9.17, 15) is 23.1 Å². The van der Waals surface area contributed by atoms with E-state index in [-0.39, 0.29) is 17.6 Å². The van der Waals surface area contributed by atoms with Gasteiger partial charge in [0.2, 0.25) is 5.91 Å². The van der Waals surface area contributed by atoms with Crippen molar-refractivity contribution in [2.45, 2.75) is 19.0 Å². The van der Waals surface area contributed by atoms with Gasteiger partial charge in [-0.25, -0.2) is 0 Å². The van der Waals surface area contributed by atoms with Crippen molar-refractivity contribution in [1.29, 1.82) is 0 Å². The number of aromatic hydroxyl groups is 1. The molecule has 0 unspecified atom stereocenters. The lowest BCUT2D eigenvalue weighted by molar-refractivity contribution is -0.137. The molecule has 1 aliphatic rings. The van der Waals surface area contributed by atoms with E-state index in [4.69, 9.17) is 0 Å². The number of amides is 1. The normalized spacial score (nSPS) is 15.4. The number of pyridine rings is 1. The van der Waals surface area contributed by atoms with Crippen LogP contribution >= 0.6 is 0 Å². The number of hydrogen-bond donors (Lipinski definition) is 2. The minimum Gasteiger partial charge on any atom is -0.506 e. The van der Waals surface area contributed by atoms with Gasteiger partial charge in [-0.1, -0.05) is 6.07 Å². The zero-order valence-corrected chi connectivity index (χ0v) is 16.0. The number of halogens is 3. The summed E-state index contributed by atoms with van der Waals surface area (Å²) in [4.78, 5) is 18.8. The van der Waals surface area contributed by atoms with Crippen LogP contribution in [0.2, 0.25) is 0 Å². The predicted octanol–water partition coefficient (Wildman–Crippen LogP) is 4.81. The molecule has 0 aliphatic carbocycles. The molecule has 2 heterocycles. The Kier molecular flexibility index (Phi) is 5.24. The fourth-order valence-corrected chi connectivity index (χ4v) is 3.78. The number of hydrogen-bond acceptors (Lipinski definition) is 4. The van der Waals surface area contributed by atoms with Crippen molar-refractivity contribution in [3.05, 3.63) is 60.3 Å². The number of anilines is 2. The molecule has 1 fully saturated rings. The van der Waals surface area contributed by atoms with Crippen LogP contribution in [0, 0.1) is 5.92 Å². The highest BCUT2D eigenvalue weighted by atomic mass is 19.4. The highest BCUT2D eigenvalue weighted by Crippen LogP contribution is 2.33. The van der Waals surface area contributed by atoms with Crippen LogP contribution in [0.3, 0.4) is 0 Å². The third kappa shape index (κ3) is 4.03. The maximum absolute atomic E-state index is 13.0. The zero-order valence-electron chi connectivity index (χ0n) is 16.0. The first-order chi connectivity index (χ1) is 14.3. The van der Waals surface area contributed by atoms with Gasteiger partial charge in [-0.2, -0.15) is 13.2 Å². The van der Waals surface area contributed by atoms with Gasteiger partial charge in [0.05, 0.1) is 11.3 Å². The van der Waals surface area contributed by atoms with Gasteiger partial charge in [-0.3, -0.25) is 9.78 Å². The van der Waals surface area contributed by atoms with Crippen LogP contribution in [0.5, 0.6) is 5.75 Å². The van der Waals surface area contributed by atoms with Gasteiger partial charge in [-0.15, -0.1) is 0 Å². The van der Waals surface area contributed by atoms with Gasteiger partial charge >= 0.3 is 6.18 Å². The summed E-state index contributed by atoms with van der Waals surface area (Å²) in [5, 5.41) is 13.5. The lowest BCUT2D eigenvalue weighted by Crippen LogP contribution is -2.38. The molecule has 1 amide bonds. The number of carbonyl (C=O) groups is 1. The Labute approximate surface area is 171 Å². The number of piperidine rings is 1. The number of phenolic OH excluding ortho intramolecular Hbond substituents is 1. The summed E-state index contributed by atoms with van der Waals surface area (Å²) in [5.74, 6) is -0.347. The molecular weight excluding hydrogens is 395 g/mol. The Bertz CT molecular complexity index is 1080. The number of carbonyl (C=O) groups excluding carboxylic acids is 1. The molecule has 0 spiro atoms. The lowest BCUT2D eigenvalue weighted by atomic mass is 9.95. The molecule has 4 rings (SSSR count). The number of alkyl halides is 3. The van der Waals surface area contributed by atoms with E-state index >= 15 is 0 Å². The fraction of sp³-hybridized carbons (Fsp3) is 0.273. The molecule has 8 heteroatoms. The predicted molar refractivity (Wildman–Crippen MR) is 108 cm³/mol. The molecular formula is C22H20F3N3O2. The van der Waals surface area contributed by atoms with Gasteiger partial charge < -0.3 is 15.3 Å². The first-order valence-corrected chi connectivity index (χ1v) is 9.63. The largest absolute Gasteiger partial charge is 0.506 e. The monoisotopic (exact) mass is 415 g/mol. The summed E-state index contributed by atoms with van der Waals surface area (Å²) in [6, 6.07) is 11.9. The van der Waals surface area contributed by atoms with Crippen molar-refractivity contribution in [3.63, 3.8) is 0 Å². The second-order valence-electron chi connectivity index (χ2n) is 7.33. The van der Waals surface area contributed by atoms with Crippen molar-refractivity contribution < 1.29 is 23.1 Å². The summed E-state index contributed by atoms with van der Waals surface area (Å²) in [6.07, 6.45) is -1.74. The third-order valence-corrected chi connectivity index (χ3v) is 5.41. The molecule has 0 bridgehead atoms. The van der Waals surface area contributed by atoms with Gasteiger partial charge in [0, 0.05) is 36.3 Å². The van der Waals surface area contributed by atoms with E-state index in [0.717, 1.165) is 12.1 Å². The van der Waals surface area contributed by atoms with Crippen LogP contribution in [0.15, 0.2) is 54.7 Å². The van der Waals surface area contributed by atoms with E-state index in [1.54, 1.807) is 30.5 Å². The Balaban J connectivity index is 1.43. The number of nitrogens with zero attached hydrogens (tertiary/aromatic N) is 2. The van der Waals surface area contributed by atoms with Crippen LogP contribution in [-0.2, 0) is 11.0 Å². The lowest BCUT2D eigenvalue weighted by Gasteiger charge is -2.33. The van der Waals surface area contributed by atoms with Gasteiger partial charge in [0.1, 0.15) is 11.3 Å². The van der Waals surface area contributed by atoms with Crippen LogP contribution in [0.25, 0.3) is 10.9 Å². The summed E-state index contributed by atoms with van der Waals surface area (Å²) >= 11 is 0. The summed E-state index contributed by atoms with van der Waals surface area (Å²) in [5.41, 5.74) is 0.822. The first kappa shape index (κ1) is 20.0. The molecule has 2 aromatic carbocycles. The van der Waals surface area contributed by atoms with Crippen LogP contribution in [0.4, 0.5) is 24.5 Å². The van der Waals surface area contributed by atoms with Gasteiger partial charge in [0.25, 0.3) is 0 Å². The van der Waals surface area contributed by atoms with E-state index in [1.807, 2.05) is 4.90 Å². The number of aromatic nitrogens is 1.